The minimum Gasteiger partial charge on any atom is -0.508 e. The molecule has 120 valence electrons. The molecule has 5 nitrogen and oxygen atoms in total. The number of dihydropyridines is 1. The standard InChI is InChI=1S/C18H19NO4/c1-10-15(18(22)23-2)16(11-5-3-6-12(20)9-11)17-13(19-10)7-4-8-14(17)21/h3,5-6,9,16,19-20H,4,7-8H2,1-2H3/t16-/m1/s1. The van der Waals surface area contributed by atoms with Crippen LogP contribution < -0.4 is 5.32 Å². The topological polar surface area (TPSA) is 75.6 Å². The van der Waals surface area contributed by atoms with Gasteiger partial charge in [-0.2, -0.15) is 0 Å². The Bertz CT molecular complexity index is 745. The second-order valence-electron chi connectivity index (χ2n) is 5.85. The number of carbonyl (C=O) groups is 2. The maximum atomic E-state index is 12.5. The number of esters is 1. The monoisotopic (exact) mass is 313 g/mol. The van der Waals surface area contributed by atoms with Gasteiger partial charge in [0.25, 0.3) is 0 Å². The smallest absolute Gasteiger partial charge is 0.336 e. The van der Waals surface area contributed by atoms with Gasteiger partial charge in [-0.25, -0.2) is 4.79 Å². The van der Waals surface area contributed by atoms with E-state index in [1.165, 1.54) is 7.11 Å². The number of allylic oxidation sites excluding steroid dienone is 3. The fraction of sp³-hybridized carbons (Fsp3) is 0.333. The molecule has 1 aliphatic carbocycles. The van der Waals surface area contributed by atoms with Crippen LogP contribution in [0.25, 0.3) is 0 Å². The number of phenolic OH excluding ortho intramolecular Hbond substituents is 1. The third-order valence-corrected chi connectivity index (χ3v) is 4.38. The van der Waals surface area contributed by atoms with Gasteiger partial charge in [0, 0.05) is 29.3 Å². The van der Waals surface area contributed by atoms with Gasteiger partial charge >= 0.3 is 5.97 Å². The molecular weight excluding hydrogens is 294 g/mol. The third kappa shape index (κ3) is 2.63. The number of hydrogen-bond acceptors (Lipinski definition) is 5. The van der Waals surface area contributed by atoms with E-state index in [-0.39, 0.29) is 11.5 Å². The Balaban J connectivity index is 2.20. The molecule has 0 bridgehead atoms. The van der Waals surface area contributed by atoms with Crippen molar-refractivity contribution in [1.29, 1.82) is 0 Å². The number of Topliss-reactive ketones (excluding diaryl/α,β-unsaturated/α-hetero) is 1. The fourth-order valence-electron chi connectivity index (χ4n) is 3.40. The Morgan fingerprint density at radius 3 is 2.83 bits per heavy atom. The van der Waals surface area contributed by atoms with Crippen molar-refractivity contribution >= 4 is 11.8 Å². The van der Waals surface area contributed by atoms with Crippen LogP contribution in [-0.4, -0.2) is 24.0 Å². The van der Waals surface area contributed by atoms with E-state index in [2.05, 4.69) is 5.32 Å². The zero-order chi connectivity index (χ0) is 16.6. The molecule has 5 heteroatoms. The average molecular weight is 313 g/mol. The van der Waals surface area contributed by atoms with Crippen LogP contribution in [0.3, 0.4) is 0 Å². The fourth-order valence-corrected chi connectivity index (χ4v) is 3.40. The molecule has 2 aliphatic rings. The second-order valence-corrected chi connectivity index (χ2v) is 5.85. The predicted molar refractivity (Wildman–Crippen MR) is 84.6 cm³/mol. The Labute approximate surface area is 134 Å². The summed E-state index contributed by atoms with van der Waals surface area (Å²) in [4.78, 5) is 24.8. The average Bonchev–Trinajstić information content (AvgIpc) is 2.53. The van der Waals surface area contributed by atoms with Gasteiger partial charge in [0.1, 0.15) is 5.75 Å². The minimum absolute atomic E-state index is 0.0426. The van der Waals surface area contributed by atoms with Crippen LogP contribution in [0.2, 0.25) is 0 Å². The summed E-state index contributed by atoms with van der Waals surface area (Å²) >= 11 is 0. The molecule has 0 saturated carbocycles. The molecule has 0 fully saturated rings. The molecule has 1 heterocycles. The van der Waals surface area contributed by atoms with E-state index in [4.69, 9.17) is 4.74 Å². The van der Waals surface area contributed by atoms with Gasteiger partial charge in [0.05, 0.1) is 12.7 Å². The first-order valence-corrected chi connectivity index (χ1v) is 7.64. The number of benzene rings is 1. The summed E-state index contributed by atoms with van der Waals surface area (Å²) in [5.41, 5.74) is 3.33. The van der Waals surface area contributed by atoms with E-state index in [1.807, 2.05) is 13.0 Å². The van der Waals surface area contributed by atoms with Crippen molar-refractivity contribution in [2.24, 2.45) is 0 Å². The summed E-state index contributed by atoms with van der Waals surface area (Å²) in [5.74, 6) is -0.818. The molecule has 1 atom stereocenters. The van der Waals surface area contributed by atoms with Crippen LogP contribution in [0.4, 0.5) is 0 Å². The molecule has 0 radical (unpaired) electrons. The largest absolute Gasteiger partial charge is 0.508 e. The summed E-state index contributed by atoms with van der Waals surface area (Å²) in [7, 11) is 1.33. The highest BCUT2D eigenvalue weighted by Gasteiger charge is 2.38. The number of hydrogen-bond donors (Lipinski definition) is 2. The highest BCUT2D eigenvalue weighted by molar-refractivity contribution is 6.03. The van der Waals surface area contributed by atoms with Crippen LogP contribution >= 0.6 is 0 Å². The number of rotatable bonds is 2. The summed E-state index contributed by atoms with van der Waals surface area (Å²) in [6.45, 7) is 1.81. The van der Waals surface area contributed by atoms with Crippen molar-refractivity contribution in [3.63, 3.8) is 0 Å². The molecular formula is C18H19NO4. The highest BCUT2D eigenvalue weighted by atomic mass is 16.5. The van der Waals surface area contributed by atoms with Gasteiger partial charge in [-0.3, -0.25) is 4.79 Å². The maximum absolute atomic E-state index is 12.5. The number of ether oxygens (including phenoxy) is 1. The van der Waals surface area contributed by atoms with Crippen molar-refractivity contribution in [2.45, 2.75) is 32.1 Å². The number of ketones is 1. The van der Waals surface area contributed by atoms with Crippen LogP contribution in [0, 0.1) is 0 Å². The lowest BCUT2D eigenvalue weighted by molar-refractivity contribution is -0.136. The van der Waals surface area contributed by atoms with Crippen LogP contribution in [0.1, 0.15) is 37.7 Å². The number of methoxy groups -OCH3 is 1. The number of phenols is 1. The molecule has 1 aliphatic heterocycles. The molecule has 0 spiro atoms. The number of nitrogens with one attached hydrogen (secondary N) is 1. The molecule has 1 aromatic carbocycles. The van der Waals surface area contributed by atoms with Gasteiger partial charge < -0.3 is 15.2 Å². The predicted octanol–water partition coefficient (Wildman–Crippen LogP) is 2.53. The Morgan fingerprint density at radius 1 is 1.35 bits per heavy atom. The second kappa shape index (κ2) is 5.91. The Kier molecular flexibility index (Phi) is 3.94. The molecule has 1 aromatic rings. The van der Waals surface area contributed by atoms with Gasteiger partial charge in [-0.05, 0) is 37.5 Å². The summed E-state index contributed by atoms with van der Waals surface area (Å²) in [6, 6.07) is 6.69. The first-order chi connectivity index (χ1) is 11.0. The van der Waals surface area contributed by atoms with E-state index in [0.717, 1.165) is 18.5 Å². The lowest BCUT2D eigenvalue weighted by atomic mass is 9.75. The molecule has 3 rings (SSSR count). The van der Waals surface area contributed by atoms with Crippen molar-refractivity contribution in [1.82, 2.24) is 5.32 Å². The SMILES string of the molecule is COC(=O)C1=C(C)NC2=C(C(=O)CCC2)[C@@H]1c1cccc(O)c1. The number of carbonyl (C=O) groups excluding carboxylic acids is 2. The molecule has 23 heavy (non-hydrogen) atoms. The van der Waals surface area contributed by atoms with Crippen LogP contribution in [0.5, 0.6) is 5.75 Å². The first-order valence-electron chi connectivity index (χ1n) is 7.64. The van der Waals surface area contributed by atoms with Crippen LogP contribution in [-0.2, 0) is 14.3 Å². The van der Waals surface area contributed by atoms with E-state index < -0.39 is 11.9 Å². The van der Waals surface area contributed by atoms with Gasteiger partial charge in [-0.15, -0.1) is 0 Å². The summed E-state index contributed by atoms with van der Waals surface area (Å²) < 4.78 is 4.92. The van der Waals surface area contributed by atoms with E-state index in [0.29, 0.717) is 28.8 Å². The Hall–Kier alpha value is -2.56. The lowest BCUT2D eigenvalue weighted by Crippen LogP contribution is -2.34. The molecule has 0 amide bonds. The quantitative estimate of drug-likeness (QED) is 0.821. The zero-order valence-corrected chi connectivity index (χ0v) is 13.2. The van der Waals surface area contributed by atoms with E-state index in [1.54, 1.807) is 18.2 Å². The molecule has 0 saturated heterocycles. The maximum Gasteiger partial charge on any atom is 0.336 e. The number of aromatic hydroxyl groups is 1. The molecule has 0 unspecified atom stereocenters. The summed E-state index contributed by atoms with van der Waals surface area (Å²) in [6.07, 6.45) is 2.06. The van der Waals surface area contributed by atoms with Gasteiger partial charge in [0.15, 0.2) is 5.78 Å². The van der Waals surface area contributed by atoms with Crippen molar-refractivity contribution in [3.05, 3.63) is 52.4 Å². The third-order valence-electron chi connectivity index (χ3n) is 4.38. The normalized spacial score (nSPS) is 21.0. The summed E-state index contributed by atoms with van der Waals surface area (Å²) in [5, 5.41) is 13.0. The van der Waals surface area contributed by atoms with Gasteiger partial charge in [-0.1, -0.05) is 12.1 Å². The highest BCUT2D eigenvalue weighted by Crippen LogP contribution is 2.42. The van der Waals surface area contributed by atoms with Crippen molar-refractivity contribution in [2.75, 3.05) is 7.11 Å². The van der Waals surface area contributed by atoms with E-state index >= 15 is 0 Å². The first kappa shape index (κ1) is 15.3. The van der Waals surface area contributed by atoms with Gasteiger partial charge in [0.2, 0.25) is 0 Å². The van der Waals surface area contributed by atoms with Crippen LogP contribution in [0.15, 0.2) is 46.8 Å². The molecule has 2 N–H and O–H groups in total. The minimum atomic E-state index is -0.501. The lowest BCUT2D eigenvalue weighted by Gasteiger charge is -2.34. The molecule has 0 aromatic heterocycles. The van der Waals surface area contributed by atoms with Crippen molar-refractivity contribution < 1.29 is 19.4 Å². The Morgan fingerprint density at radius 2 is 2.13 bits per heavy atom. The zero-order valence-electron chi connectivity index (χ0n) is 13.2. The van der Waals surface area contributed by atoms with Crippen molar-refractivity contribution in [3.8, 4) is 5.75 Å². The van der Waals surface area contributed by atoms with E-state index in [9.17, 15) is 14.7 Å².